The predicted molar refractivity (Wildman–Crippen MR) is 138 cm³/mol. The smallest absolute Gasteiger partial charge is 0.255 e. The topological polar surface area (TPSA) is 84.3 Å². The van der Waals surface area contributed by atoms with E-state index in [-0.39, 0.29) is 5.91 Å². The van der Waals surface area contributed by atoms with E-state index >= 15 is 0 Å². The molecule has 1 aliphatic rings. The minimum atomic E-state index is -3.58. The average Bonchev–Trinajstić information content (AvgIpc) is 3.10. The molecule has 1 saturated heterocycles. The lowest BCUT2D eigenvalue weighted by Crippen LogP contribution is -2.38. The Bertz CT molecular complexity index is 1340. The number of hydrogen-bond donors (Lipinski definition) is 1. The van der Waals surface area contributed by atoms with Crippen molar-refractivity contribution in [3.05, 3.63) is 76.1 Å². The second kappa shape index (κ2) is 9.95. The highest BCUT2D eigenvalue weighted by molar-refractivity contribution is 7.89. The average molecular weight is 495 g/mol. The molecule has 186 valence electrons. The first-order valence-electron chi connectivity index (χ1n) is 12.1. The summed E-state index contributed by atoms with van der Waals surface area (Å²) in [6.45, 7) is 11.3. The molecule has 0 bridgehead atoms. The van der Waals surface area contributed by atoms with Crippen molar-refractivity contribution in [1.82, 2.24) is 14.1 Å². The molecule has 1 N–H and O–H groups in total. The van der Waals surface area contributed by atoms with E-state index in [2.05, 4.69) is 17.3 Å². The molecule has 3 aromatic rings. The number of piperidine rings is 1. The van der Waals surface area contributed by atoms with Gasteiger partial charge in [-0.05, 0) is 81.3 Å². The summed E-state index contributed by atoms with van der Waals surface area (Å²) in [5, 5.41) is 7.52. The fourth-order valence-electron chi connectivity index (χ4n) is 4.58. The van der Waals surface area contributed by atoms with E-state index in [1.54, 1.807) is 28.0 Å². The van der Waals surface area contributed by atoms with Crippen molar-refractivity contribution in [2.75, 3.05) is 18.4 Å². The van der Waals surface area contributed by atoms with Crippen molar-refractivity contribution in [2.45, 2.75) is 58.9 Å². The van der Waals surface area contributed by atoms with Gasteiger partial charge in [-0.2, -0.15) is 9.40 Å². The normalized spacial score (nSPS) is 15.3. The van der Waals surface area contributed by atoms with E-state index in [9.17, 15) is 13.2 Å². The van der Waals surface area contributed by atoms with Gasteiger partial charge >= 0.3 is 0 Å². The SMILES string of the molecule is Cc1cccc(NC(=O)c2ccc(Cn3nc(C)c(S(=O)(=O)N4CCC(C)CC4)c3C)cc2)c1C. The van der Waals surface area contributed by atoms with Crippen LogP contribution in [0.3, 0.4) is 0 Å². The molecule has 7 nitrogen and oxygen atoms in total. The Kier molecular flexibility index (Phi) is 7.15. The number of carbonyl (C=O) groups is 1. The summed E-state index contributed by atoms with van der Waals surface area (Å²) in [5.41, 5.74) is 5.63. The third kappa shape index (κ3) is 5.18. The zero-order chi connectivity index (χ0) is 25.3. The standard InChI is InChI=1S/C27H34N4O3S/c1-18-13-15-30(16-14-18)35(33,34)26-21(4)29-31(22(26)5)17-23-9-11-24(12-10-23)27(32)28-25-8-6-7-19(2)20(25)3/h6-12,18H,13-17H2,1-5H3,(H,28,32). The van der Waals surface area contributed by atoms with Crippen molar-refractivity contribution in [2.24, 2.45) is 5.92 Å². The number of benzene rings is 2. The maximum Gasteiger partial charge on any atom is 0.255 e. The van der Waals surface area contributed by atoms with Gasteiger partial charge in [0.05, 0.1) is 17.9 Å². The van der Waals surface area contributed by atoms with Crippen LogP contribution >= 0.6 is 0 Å². The number of nitrogens with one attached hydrogen (secondary N) is 1. The van der Waals surface area contributed by atoms with Crippen LogP contribution in [0.15, 0.2) is 47.4 Å². The van der Waals surface area contributed by atoms with Crippen LogP contribution in [0.4, 0.5) is 5.69 Å². The molecule has 2 heterocycles. The number of carbonyl (C=O) groups excluding carboxylic acids is 1. The molecule has 0 saturated carbocycles. The molecule has 0 spiro atoms. The molecular weight excluding hydrogens is 460 g/mol. The first-order chi connectivity index (χ1) is 16.6. The molecule has 1 fully saturated rings. The Morgan fingerprint density at radius 3 is 2.34 bits per heavy atom. The highest BCUT2D eigenvalue weighted by atomic mass is 32.2. The van der Waals surface area contributed by atoms with Crippen LogP contribution in [0.25, 0.3) is 0 Å². The number of aromatic nitrogens is 2. The zero-order valence-corrected chi connectivity index (χ0v) is 21.9. The van der Waals surface area contributed by atoms with Crippen molar-refractivity contribution in [3.8, 4) is 0 Å². The molecule has 1 aromatic heterocycles. The van der Waals surface area contributed by atoms with Crippen LogP contribution in [-0.4, -0.2) is 41.5 Å². The third-order valence-electron chi connectivity index (χ3n) is 7.06. The van der Waals surface area contributed by atoms with Gasteiger partial charge in [0.2, 0.25) is 10.0 Å². The summed E-state index contributed by atoms with van der Waals surface area (Å²) < 4.78 is 30.0. The van der Waals surface area contributed by atoms with E-state index in [0.717, 1.165) is 35.2 Å². The molecule has 0 unspecified atom stereocenters. The van der Waals surface area contributed by atoms with Crippen molar-refractivity contribution in [3.63, 3.8) is 0 Å². The lowest BCUT2D eigenvalue weighted by Gasteiger charge is -2.29. The number of anilines is 1. The fraction of sp³-hybridized carbons (Fsp3) is 0.407. The molecule has 4 rings (SSSR count). The number of amides is 1. The Morgan fingerprint density at radius 1 is 1.03 bits per heavy atom. The largest absolute Gasteiger partial charge is 0.322 e. The van der Waals surface area contributed by atoms with Crippen molar-refractivity contribution in [1.29, 1.82) is 0 Å². The van der Waals surface area contributed by atoms with E-state index < -0.39 is 10.0 Å². The first-order valence-corrected chi connectivity index (χ1v) is 13.5. The van der Waals surface area contributed by atoms with Gasteiger partial charge in [0.15, 0.2) is 0 Å². The molecule has 0 aliphatic carbocycles. The highest BCUT2D eigenvalue weighted by Crippen LogP contribution is 2.28. The summed E-state index contributed by atoms with van der Waals surface area (Å²) in [5.74, 6) is 0.387. The summed E-state index contributed by atoms with van der Waals surface area (Å²) in [7, 11) is -3.58. The maximum atomic E-state index is 13.3. The fourth-order valence-corrected chi connectivity index (χ4v) is 6.42. The highest BCUT2D eigenvalue weighted by Gasteiger charge is 2.33. The van der Waals surface area contributed by atoms with Gasteiger partial charge < -0.3 is 5.32 Å². The van der Waals surface area contributed by atoms with E-state index in [0.29, 0.717) is 47.4 Å². The van der Waals surface area contributed by atoms with E-state index in [1.165, 1.54) is 0 Å². The van der Waals surface area contributed by atoms with Gasteiger partial charge in [0, 0.05) is 24.3 Å². The Balaban J connectivity index is 1.49. The third-order valence-corrected chi connectivity index (χ3v) is 9.21. The molecule has 1 aliphatic heterocycles. The molecule has 0 radical (unpaired) electrons. The molecule has 0 atom stereocenters. The molecular formula is C27H34N4O3S. The van der Waals surface area contributed by atoms with Gasteiger partial charge in [-0.25, -0.2) is 8.42 Å². The van der Waals surface area contributed by atoms with Crippen LogP contribution in [0.2, 0.25) is 0 Å². The van der Waals surface area contributed by atoms with Crippen LogP contribution in [-0.2, 0) is 16.6 Å². The van der Waals surface area contributed by atoms with Crippen LogP contribution in [0.1, 0.15) is 58.2 Å². The van der Waals surface area contributed by atoms with Crippen LogP contribution < -0.4 is 5.32 Å². The minimum Gasteiger partial charge on any atom is -0.322 e. The quantitative estimate of drug-likeness (QED) is 0.532. The van der Waals surface area contributed by atoms with Gasteiger partial charge in [0.1, 0.15) is 4.90 Å². The molecule has 35 heavy (non-hydrogen) atoms. The number of hydrogen-bond acceptors (Lipinski definition) is 4. The number of rotatable bonds is 6. The minimum absolute atomic E-state index is 0.166. The van der Waals surface area contributed by atoms with Gasteiger partial charge in [-0.15, -0.1) is 0 Å². The summed E-state index contributed by atoms with van der Waals surface area (Å²) in [4.78, 5) is 13.0. The van der Waals surface area contributed by atoms with E-state index in [1.807, 2.05) is 51.1 Å². The summed E-state index contributed by atoms with van der Waals surface area (Å²) in [6.07, 6.45) is 1.77. The first kappa shape index (κ1) is 25.1. The summed E-state index contributed by atoms with van der Waals surface area (Å²) >= 11 is 0. The zero-order valence-electron chi connectivity index (χ0n) is 21.1. The van der Waals surface area contributed by atoms with E-state index in [4.69, 9.17) is 0 Å². The second-order valence-corrected chi connectivity index (χ2v) is 11.5. The Labute approximate surface area is 208 Å². The lowest BCUT2D eigenvalue weighted by atomic mass is 10.0. The van der Waals surface area contributed by atoms with Crippen molar-refractivity contribution < 1.29 is 13.2 Å². The van der Waals surface area contributed by atoms with Crippen LogP contribution in [0.5, 0.6) is 0 Å². The number of sulfonamides is 1. The summed E-state index contributed by atoms with van der Waals surface area (Å²) in [6, 6.07) is 13.2. The predicted octanol–water partition coefficient (Wildman–Crippen LogP) is 4.84. The number of nitrogens with zero attached hydrogens (tertiary/aromatic N) is 3. The monoisotopic (exact) mass is 494 g/mol. The van der Waals surface area contributed by atoms with Crippen molar-refractivity contribution >= 4 is 21.6 Å². The van der Waals surface area contributed by atoms with Gasteiger partial charge in [0.25, 0.3) is 5.91 Å². The Hall–Kier alpha value is -2.97. The second-order valence-electron chi connectivity index (χ2n) is 9.64. The lowest BCUT2D eigenvalue weighted by molar-refractivity contribution is 0.102. The molecule has 1 amide bonds. The number of aryl methyl sites for hydroxylation is 2. The van der Waals surface area contributed by atoms with Gasteiger partial charge in [-0.1, -0.05) is 31.2 Å². The maximum absolute atomic E-state index is 13.3. The molecule has 8 heteroatoms. The molecule has 2 aromatic carbocycles. The Morgan fingerprint density at radius 2 is 1.69 bits per heavy atom. The van der Waals surface area contributed by atoms with Gasteiger partial charge in [-0.3, -0.25) is 9.48 Å². The van der Waals surface area contributed by atoms with Crippen LogP contribution in [0, 0.1) is 33.6 Å².